The molecule has 0 radical (unpaired) electrons. The fourth-order valence-corrected chi connectivity index (χ4v) is 2.74. The van der Waals surface area contributed by atoms with Gasteiger partial charge in [0, 0.05) is 4.47 Å². The Hall–Kier alpha value is -0.390. The van der Waals surface area contributed by atoms with Crippen LogP contribution in [0.5, 0.6) is 0 Å². The van der Waals surface area contributed by atoms with Gasteiger partial charge in [-0.1, -0.05) is 29.8 Å². The molecule has 0 fully saturated rings. The first-order valence-corrected chi connectivity index (χ1v) is 7.38. The van der Waals surface area contributed by atoms with Crippen LogP contribution in [0.4, 0.5) is 0 Å². The summed E-state index contributed by atoms with van der Waals surface area (Å²) in [6.07, 6.45) is 1.13. The molecule has 1 rings (SSSR count). The van der Waals surface area contributed by atoms with Crippen LogP contribution in [-0.4, -0.2) is 14.5 Å². The Bertz CT molecular complexity index is 421. The van der Waals surface area contributed by atoms with Gasteiger partial charge in [0.05, 0.1) is 11.0 Å². The van der Waals surface area contributed by atoms with Crippen LogP contribution in [-0.2, 0) is 14.3 Å². The van der Waals surface area contributed by atoms with Crippen LogP contribution in [0.3, 0.4) is 0 Å². The second-order valence-corrected chi connectivity index (χ2v) is 5.93. The molecule has 0 atom stereocenters. The summed E-state index contributed by atoms with van der Waals surface area (Å²) < 4.78 is 29.6. The van der Waals surface area contributed by atoms with Crippen molar-refractivity contribution in [2.45, 2.75) is 37.7 Å². The molecule has 0 bridgehead atoms. The van der Waals surface area contributed by atoms with Gasteiger partial charge in [-0.3, -0.25) is 4.18 Å². The van der Waals surface area contributed by atoms with Crippen LogP contribution in [0.25, 0.3) is 0 Å². The van der Waals surface area contributed by atoms with Crippen LogP contribution < -0.4 is 0 Å². The van der Waals surface area contributed by atoms with Gasteiger partial charge in [-0.05, 0) is 37.1 Å². The minimum atomic E-state index is -3.62. The van der Waals surface area contributed by atoms with Gasteiger partial charge >= 0.3 is 0 Å². The summed E-state index contributed by atoms with van der Waals surface area (Å²) in [5.74, 6) is 0. The van der Waals surface area contributed by atoms with Gasteiger partial charge in [-0.25, -0.2) is 0 Å². The highest BCUT2D eigenvalue weighted by Gasteiger charge is 2.19. The predicted octanol–water partition coefficient (Wildman–Crippen LogP) is 3.34. The van der Waals surface area contributed by atoms with Crippen LogP contribution in [0, 0.1) is 0 Å². The van der Waals surface area contributed by atoms with Gasteiger partial charge < -0.3 is 0 Å². The number of hydrogen-bond donors (Lipinski definition) is 0. The number of hydrogen-bond acceptors (Lipinski definition) is 3. The van der Waals surface area contributed by atoms with Crippen molar-refractivity contribution in [2.24, 2.45) is 0 Å². The Morgan fingerprint density at radius 2 is 1.69 bits per heavy atom. The second-order valence-electron chi connectivity index (χ2n) is 3.44. The molecule has 0 saturated heterocycles. The molecule has 0 aliphatic carbocycles. The average Bonchev–Trinajstić information content (AvgIpc) is 2.26. The fraction of sp³-hybridized carbons (Fsp3) is 0.455. The number of halogens is 1. The molecule has 1 aromatic rings. The first kappa shape index (κ1) is 13.7. The summed E-state index contributed by atoms with van der Waals surface area (Å²) >= 11 is 3.25. The Kier molecular flexibility index (Phi) is 4.95. The minimum Gasteiger partial charge on any atom is -0.263 e. The third-order valence-corrected chi connectivity index (χ3v) is 4.18. The van der Waals surface area contributed by atoms with Gasteiger partial charge in [0.2, 0.25) is 0 Å². The lowest BCUT2D eigenvalue weighted by Crippen LogP contribution is -2.17. The molecule has 0 aliphatic heterocycles. The molecule has 0 aliphatic rings. The Morgan fingerprint density at radius 1 is 1.19 bits per heavy atom. The molecule has 0 N–H and O–H groups in total. The summed E-state index contributed by atoms with van der Waals surface area (Å²) in [5, 5.41) is 0. The maximum absolute atomic E-state index is 11.8. The van der Waals surface area contributed by atoms with E-state index in [4.69, 9.17) is 4.18 Å². The third-order valence-electron chi connectivity index (χ3n) is 2.28. The molecular weight excluding hydrogens is 292 g/mol. The summed E-state index contributed by atoms with van der Waals surface area (Å²) in [5.41, 5.74) is 0. The van der Waals surface area contributed by atoms with Crippen molar-refractivity contribution < 1.29 is 12.6 Å². The van der Waals surface area contributed by atoms with Crippen molar-refractivity contribution >= 4 is 26.0 Å². The standard InChI is InChI=1S/C11H15BrO3S/c1-3-10(4-2)15-16(13,14)11-7-5-9(12)6-8-11/h5-8,10H,3-4H2,1-2H3. The summed E-state index contributed by atoms with van der Waals surface area (Å²) in [6.45, 7) is 3.82. The molecule has 0 amide bonds. The summed E-state index contributed by atoms with van der Waals surface area (Å²) in [6, 6.07) is 6.43. The molecule has 0 heterocycles. The van der Waals surface area contributed by atoms with Crippen LogP contribution in [0.2, 0.25) is 0 Å². The molecule has 1 aromatic carbocycles. The fourth-order valence-electron chi connectivity index (χ4n) is 1.26. The van der Waals surface area contributed by atoms with Crippen molar-refractivity contribution in [1.29, 1.82) is 0 Å². The molecule has 5 heteroatoms. The van der Waals surface area contributed by atoms with Crippen LogP contribution in [0.1, 0.15) is 26.7 Å². The third kappa shape index (κ3) is 3.57. The molecule has 0 saturated carbocycles. The molecule has 0 unspecified atom stereocenters. The van der Waals surface area contributed by atoms with Gasteiger partial charge in [0.15, 0.2) is 0 Å². The van der Waals surface area contributed by atoms with E-state index < -0.39 is 10.1 Å². The van der Waals surface area contributed by atoms with Crippen LogP contribution in [0.15, 0.2) is 33.6 Å². The minimum absolute atomic E-state index is 0.197. The predicted molar refractivity (Wildman–Crippen MR) is 66.8 cm³/mol. The molecule has 0 aromatic heterocycles. The molecule has 16 heavy (non-hydrogen) atoms. The van der Waals surface area contributed by atoms with E-state index in [0.29, 0.717) is 12.8 Å². The monoisotopic (exact) mass is 306 g/mol. The first-order valence-electron chi connectivity index (χ1n) is 5.18. The van der Waals surface area contributed by atoms with E-state index in [1.165, 1.54) is 12.1 Å². The highest BCUT2D eigenvalue weighted by molar-refractivity contribution is 9.10. The van der Waals surface area contributed by atoms with Gasteiger partial charge in [-0.2, -0.15) is 8.42 Å². The molecule has 3 nitrogen and oxygen atoms in total. The number of benzene rings is 1. The van der Waals surface area contributed by atoms with Crippen molar-refractivity contribution in [3.8, 4) is 0 Å². The van der Waals surface area contributed by atoms with Crippen LogP contribution >= 0.6 is 15.9 Å². The van der Waals surface area contributed by atoms with E-state index in [9.17, 15) is 8.42 Å². The molecular formula is C11H15BrO3S. The van der Waals surface area contributed by atoms with Gasteiger partial charge in [0.1, 0.15) is 0 Å². The SMILES string of the molecule is CCC(CC)OS(=O)(=O)c1ccc(Br)cc1. The Morgan fingerprint density at radius 3 is 2.12 bits per heavy atom. The summed E-state index contributed by atoms with van der Waals surface area (Å²) in [4.78, 5) is 0.197. The van der Waals surface area contributed by atoms with Crippen molar-refractivity contribution in [3.63, 3.8) is 0 Å². The normalized spacial score (nSPS) is 12.0. The molecule has 90 valence electrons. The highest BCUT2D eigenvalue weighted by atomic mass is 79.9. The first-order chi connectivity index (χ1) is 7.49. The lowest BCUT2D eigenvalue weighted by molar-refractivity contribution is 0.200. The zero-order chi connectivity index (χ0) is 12.2. The smallest absolute Gasteiger partial charge is 0.263 e. The maximum Gasteiger partial charge on any atom is 0.297 e. The van der Waals surface area contributed by atoms with Crippen molar-refractivity contribution in [1.82, 2.24) is 0 Å². The van der Waals surface area contributed by atoms with Gasteiger partial charge in [0.25, 0.3) is 10.1 Å². The highest BCUT2D eigenvalue weighted by Crippen LogP contribution is 2.19. The molecule has 0 spiro atoms. The average molecular weight is 307 g/mol. The van der Waals surface area contributed by atoms with Gasteiger partial charge in [-0.15, -0.1) is 0 Å². The topological polar surface area (TPSA) is 43.4 Å². The lowest BCUT2D eigenvalue weighted by atomic mass is 10.2. The quantitative estimate of drug-likeness (QED) is 0.784. The van der Waals surface area contributed by atoms with Crippen molar-refractivity contribution in [3.05, 3.63) is 28.7 Å². The van der Waals surface area contributed by atoms with E-state index in [-0.39, 0.29) is 11.0 Å². The van der Waals surface area contributed by atoms with E-state index in [2.05, 4.69) is 15.9 Å². The lowest BCUT2D eigenvalue weighted by Gasteiger charge is -2.13. The maximum atomic E-state index is 11.8. The Balaban J connectivity index is 2.89. The zero-order valence-electron chi connectivity index (χ0n) is 9.31. The van der Waals surface area contributed by atoms with E-state index in [0.717, 1.165) is 4.47 Å². The largest absolute Gasteiger partial charge is 0.297 e. The summed E-state index contributed by atoms with van der Waals surface area (Å²) in [7, 11) is -3.62. The van der Waals surface area contributed by atoms with E-state index in [1.54, 1.807) is 12.1 Å². The van der Waals surface area contributed by atoms with E-state index in [1.807, 2.05) is 13.8 Å². The second kappa shape index (κ2) is 5.80. The number of rotatable bonds is 5. The van der Waals surface area contributed by atoms with Crippen molar-refractivity contribution in [2.75, 3.05) is 0 Å². The zero-order valence-corrected chi connectivity index (χ0v) is 11.7. The Labute approximate surface area is 105 Å². The van der Waals surface area contributed by atoms with E-state index >= 15 is 0 Å².